The minimum Gasteiger partial charge on any atom is -0.508 e. The Morgan fingerprint density at radius 1 is 1.04 bits per heavy atom. The largest absolute Gasteiger partial charge is 0.508 e. The number of benzene rings is 1. The molecule has 1 saturated heterocycles. The topological polar surface area (TPSA) is 70.5 Å². The van der Waals surface area contributed by atoms with Gasteiger partial charge in [0.2, 0.25) is 5.95 Å². The average Bonchev–Trinajstić information content (AvgIpc) is 2.69. The summed E-state index contributed by atoms with van der Waals surface area (Å²) in [5, 5.41) is 13.5. The zero-order valence-electron chi connectivity index (χ0n) is 15.0. The van der Waals surface area contributed by atoms with E-state index in [-0.39, 0.29) is 5.75 Å². The predicted molar refractivity (Wildman–Crippen MR) is 103 cm³/mol. The first-order chi connectivity index (χ1) is 12.8. The van der Waals surface area contributed by atoms with Gasteiger partial charge in [0.25, 0.3) is 0 Å². The molecular formula is C20H26N4O2. The summed E-state index contributed by atoms with van der Waals surface area (Å²) in [6.07, 6.45) is 6.27. The van der Waals surface area contributed by atoms with Crippen molar-refractivity contribution in [2.45, 2.75) is 38.1 Å². The summed E-state index contributed by atoms with van der Waals surface area (Å²) in [5.41, 5.74) is 1.73. The van der Waals surface area contributed by atoms with Crippen LogP contribution in [0.1, 0.15) is 32.1 Å². The highest BCUT2D eigenvalue weighted by molar-refractivity contribution is 5.66. The fourth-order valence-corrected chi connectivity index (χ4v) is 3.68. The van der Waals surface area contributed by atoms with Gasteiger partial charge in [-0.15, -0.1) is 0 Å². The first kappa shape index (κ1) is 17.1. The smallest absolute Gasteiger partial charge is 0.228 e. The standard InChI is InChI=1S/C20H26N4O2/c25-17-8-4-5-15(13-17)18-14-19(21-16-6-2-1-3-7-16)23-20(22-18)24-9-11-26-12-10-24/h4-5,8,13-14,16,25H,1-3,6-7,9-12H2,(H,21,22,23). The molecule has 1 aromatic carbocycles. The maximum atomic E-state index is 9.84. The molecule has 2 aliphatic rings. The van der Waals surface area contributed by atoms with Gasteiger partial charge in [-0.1, -0.05) is 31.4 Å². The van der Waals surface area contributed by atoms with Crippen LogP contribution in [0.2, 0.25) is 0 Å². The third-order valence-electron chi connectivity index (χ3n) is 5.11. The highest BCUT2D eigenvalue weighted by Gasteiger charge is 2.19. The Kier molecular flexibility index (Phi) is 5.20. The Balaban J connectivity index is 1.66. The molecule has 0 amide bonds. The second kappa shape index (κ2) is 7.91. The molecule has 2 fully saturated rings. The number of nitrogens with zero attached hydrogens (tertiary/aromatic N) is 3. The zero-order chi connectivity index (χ0) is 17.8. The Bertz CT molecular complexity index is 740. The number of hydrogen-bond acceptors (Lipinski definition) is 6. The minimum atomic E-state index is 0.246. The molecule has 0 radical (unpaired) electrons. The molecule has 0 unspecified atom stereocenters. The van der Waals surface area contributed by atoms with Gasteiger partial charge in [0, 0.05) is 30.8 Å². The molecule has 4 rings (SSSR count). The number of morpholine rings is 1. The number of ether oxygens (including phenoxy) is 1. The molecule has 1 aliphatic carbocycles. The molecule has 2 N–H and O–H groups in total. The van der Waals surface area contributed by atoms with Crippen molar-refractivity contribution in [1.82, 2.24) is 9.97 Å². The van der Waals surface area contributed by atoms with Crippen molar-refractivity contribution in [2.24, 2.45) is 0 Å². The third kappa shape index (κ3) is 4.07. The molecule has 2 heterocycles. The molecule has 6 heteroatoms. The van der Waals surface area contributed by atoms with Crippen LogP contribution in [0.25, 0.3) is 11.3 Å². The van der Waals surface area contributed by atoms with E-state index in [0.29, 0.717) is 19.3 Å². The van der Waals surface area contributed by atoms with Crippen molar-refractivity contribution < 1.29 is 9.84 Å². The maximum absolute atomic E-state index is 9.84. The zero-order valence-corrected chi connectivity index (χ0v) is 15.0. The molecule has 0 spiro atoms. The number of rotatable bonds is 4. The van der Waals surface area contributed by atoms with E-state index >= 15 is 0 Å². The van der Waals surface area contributed by atoms with Gasteiger partial charge < -0.3 is 20.1 Å². The maximum Gasteiger partial charge on any atom is 0.228 e. The lowest BCUT2D eigenvalue weighted by Crippen LogP contribution is -2.37. The molecule has 1 aromatic heterocycles. The Morgan fingerprint density at radius 3 is 2.62 bits per heavy atom. The first-order valence-electron chi connectivity index (χ1n) is 9.56. The number of hydrogen-bond donors (Lipinski definition) is 2. The van der Waals surface area contributed by atoms with Gasteiger partial charge in [-0.05, 0) is 25.0 Å². The average molecular weight is 354 g/mol. The molecule has 1 saturated carbocycles. The Labute approximate surface area is 154 Å². The minimum absolute atomic E-state index is 0.246. The van der Waals surface area contributed by atoms with E-state index in [1.165, 1.54) is 32.1 Å². The predicted octanol–water partition coefficient (Wildman–Crippen LogP) is 3.43. The number of phenolic OH excluding ortho intramolecular Hbond substituents is 1. The van der Waals surface area contributed by atoms with Gasteiger partial charge in [0.05, 0.1) is 18.9 Å². The fraction of sp³-hybridized carbons (Fsp3) is 0.500. The normalized spacial score (nSPS) is 18.7. The van der Waals surface area contributed by atoms with Crippen LogP contribution in [0.5, 0.6) is 5.75 Å². The van der Waals surface area contributed by atoms with Crippen molar-refractivity contribution in [3.8, 4) is 17.0 Å². The summed E-state index contributed by atoms with van der Waals surface area (Å²) >= 11 is 0. The van der Waals surface area contributed by atoms with Crippen molar-refractivity contribution >= 4 is 11.8 Å². The van der Waals surface area contributed by atoms with Crippen LogP contribution in [0, 0.1) is 0 Å². The van der Waals surface area contributed by atoms with E-state index in [0.717, 1.165) is 36.1 Å². The van der Waals surface area contributed by atoms with Gasteiger partial charge in [0.15, 0.2) is 0 Å². The summed E-state index contributed by atoms with van der Waals surface area (Å²) in [4.78, 5) is 11.7. The van der Waals surface area contributed by atoms with Crippen molar-refractivity contribution in [3.63, 3.8) is 0 Å². The molecule has 138 valence electrons. The van der Waals surface area contributed by atoms with Gasteiger partial charge in [-0.2, -0.15) is 4.98 Å². The van der Waals surface area contributed by atoms with Crippen molar-refractivity contribution in [1.29, 1.82) is 0 Å². The van der Waals surface area contributed by atoms with Crippen molar-refractivity contribution in [3.05, 3.63) is 30.3 Å². The van der Waals surface area contributed by atoms with E-state index in [4.69, 9.17) is 14.7 Å². The second-order valence-electron chi connectivity index (χ2n) is 7.07. The molecular weight excluding hydrogens is 328 g/mol. The molecule has 0 bridgehead atoms. The summed E-state index contributed by atoms with van der Waals surface area (Å²) < 4.78 is 5.46. The molecule has 0 atom stereocenters. The molecule has 2 aromatic rings. The van der Waals surface area contributed by atoms with Gasteiger partial charge in [0.1, 0.15) is 11.6 Å². The molecule has 1 aliphatic heterocycles. The number of anilines is 2. The first-order valence-corrected chi connectivity index (χ1v) is 9.56. The Hall–Kier alpha value is -2.34. The van der Waals surface area contributed by atoms with Crippen molar-refractivity contribution in [2.75, 3.05) is 36.5 Å². The van der Waals surface area contributed by atoms with Crippen LogP contribution in [-0.2, 0) is 4.74 Å². The number of aromatic hydroxyl groups is 1. The monoisotopic (exact) mass is 354 g/mol. The highest BCUT2D eigenvalue weighted by atomic mass is 16.5. The van der Waals surface area contributed by atoms with E-state index in [1.807, 2.05) is 18.2 Å². The summed E-state index contributed by atoms with van der Waals surface area (Å²) in [5.74, 6) is 1.84. The van der Waals surface area contributed by atoms with Crippen LogP contribution < -0.4 is 10.2 Å². The number of nitrogens with one attached hydrogen (secondary N) is 1. The number of aromatic nitrogens is 2. The van der Waals surface area contributed by atoms with E-state index < -0.39 is 0 Å². The van der Waals surface area contributed by atoms with E-state index in [9.17, 15) is 5.11 Å². The SMILES string of the molecule is Oc1cccc(-c2cc(NC3CCCCC3)nc(N3CCOCC3)n2)c1. The second-order valence-corrected chi connectivity index (χ2v) is 7.07. The Morgan fingerprint density at radius 2 is 1.85 bits per heavy atom. The lowest BCUT2D eigenvalue weighted by molar-refractivity contribution is 0.122. The molecule has 26 heavy (non-hydrogen) atoms. The lowest BCUT2D eigenvalue weighted by atomic mass is 9.95. The summed E-state index contributed by atoms with van der Waals surface area (Å²) in [7, 11) is 0. The van der Waals surface area contributed by atoms with Crippen LogP contribution in [0.15, 0.2) is 30.3 Å². The van der Waals surface area contributed by atoms with E-state index in [2.05, 4.69) is 10.2 Å². The van der Waals surface area contributed by atoms with E-state index in [1.54, 1.807) is 12.1 Å². The number of phenols is 1. The van der Waals surface area contributed by atoms with Gasteiger partial charge in [-0.3, -0.25) is 0 Å². The van der Waals surface area contributed by atoms with Gasteiger partial charge in [-0.25, -0.2) is 4.98 Å². The fourth-order valence-electron chi connectivity index (χ4n) is 3.68. The van der Waals surface area contributed by atoms with Crippen LogP contribution >= 0.6 is 0 Å². The van der Waals surface area contributed by atoms with Crippen LogP contribution in [-0.4, -0.2) is 47.4 Å². The quantitative estimate of drug-likeness (QED) is 0.877. The summed E-state index contributed by atoms with van der Waals surface area (Å²) in [6.45, 7) is 2.99. The lowest BCUT2D eigenvalue weighted by Gasteiger charge is -2.28. The summed E-state index contributed by atoms with van der Waals surface area (Å²) in [6, 6.07) is 9.70. The van der Waals surface area contributed by atoms with Crippen LogP contribution in [0.3, 0.4) is 0 Å². The highest BCUT2D eigenvalue weighted by Crippen LogP contribution is 2.28. The van der Waals surface area contributed by atoms with Gasteiger partial charge >= 0.3 is 0 Å². The molecule has 6 nitrogen and oxygen atoms in total. The van der Waals surface area contributed by atoms with Crippen LogP contribution in [0.4, 0.5) is 11.8 Å². The third-order valence-corrected chi connectivity index (χ3v) is 5.11.